The molecular formula is C15H21NO4. The van der Waals surface area contributed by atoms with Gasteiger partial charge in [-0.2, -0.15) is 0 Å². The van der Waals surface area contributed by atoms with Gasteiger partial charge in [0.15, 0.2) is 0 Å². The summed E-state index contributed by atoms with van der Waals surface area (Å²) in [4.78, 5) is 23.1. The number of phenolic OH excluding ortho intramolecular Hbond substituents is 1. The van der Waals surface area contributed by atoms with Crippen molar-refractivity contribution in [3.63, 3.8) is 0 Å². The van der Waals surface area contributed by atoms with Crippen LogP contribution in [-0.4, -0.2) is 29.6 Å². The van der Waals surface area contributed by atoms with E-state index in [0.29, 0.717) is 13.0 Å². The molecule has 0 saturated carbocycles. The Kier molecular flexibility index (Phi) is 6.56. The highest BCUT2D eigenvalue weighted by Gasteiger charge is 2.21. The van der Waals surface area contributed by atoms with E-state index in [1.54, 1.807) is 24.3 Å². The van der Waals surface area contributed by atoms with Crippen LogP contribution in [0, 0.1) is 0 Å². The second-order valence-corrected chi connectivity index (χ2v) is 4.64. The molecule has 0 aliphatic rings. The highest BCUT2D eigenvalue weighted by atomic mass is 16.5. The number of phenols is 1. The largest absolute Gasteiger partial charge is 0.508 e. The maximum atomic E-state index is 11.9. The number of hydrogen-bond acceptors (Lipinski definition) is 4. The summed E-state index contributed by atoms with van der Waals surface area (Å²) in [7, 11) is 0. The van der Waals surface area contributed by atoms with Gasteiger partial charge in [0.25, 0.3) is 0 Å². The lowest BCUT2D eigenvalue weighted by atomic mass is 10.1. The summed E-state index contributed by atoms with van der Waals surface area (Å²) in [6, 6.07) is 5.81. The van der Waals surface area contributed by atoms with Crippen molar-refractivity contribution in [3.05, 3.63) is 29.8 Å². The fourth-order valence-corrected chi connectivity index (χ4v) is 1.72. The number of unbranched alkanes of at least 4 members (excludes halogenated alkanes) is 1. The number of aromatic hydroxyl groups is 1. The smallest absolute Gasteiger partial charge is 0.328 e. The lowest BCUT2D eigenvalue weighted by molar-refractivity contribution is -0.147. The zero-order valence-corrected chi connectivity index (χ0v) is 11.9. The first-order valence-corrected chi connectivity index (χ1v) is 6.74. The average molecular weight is 279 g/mol. The van der Waals surface area contributed by atoms with Gasteiger partial charge >= 0.3 is 5.97 Å². The molecule has 5 heteroatoms. The van der Waals surface area contributed by atoms with Crippen molar-refractivity contribution in [1.29, 1.82) is 0 Å². The number of esters is 1. The highest BCUT2D eigenvalue weighted by Crippen LogP contribution is 2.12. The average Bonchev–Trinajstić information content (AvgIpc) is 2.40. The molecule has 1 aromatic rings. The number of rotatable bonds is 7. The van der Waals surface area contributed by atoms with Crippen molar-refractivity contribution < 1.29 is 19.4 Å². The van der Waals surface area contributed by atoms with Gasteiger partial charge in [0, 0.05) is 13.3 Å². The van der Waals surface area contributed by atoms with E-state index in [0.717, 1.165) is 18.4 Å². The topological polar surface area (TPSA) is 75.6 Å². The Morgan fingerprint density at radius 3 is 2.50 bits per heavy atom. The van der Waals surface area contributed by atoms with Crippen molar-refractivity contribution in [2.45, 2.75) is 39.2 Å². The summed E-state index contributed by atoms with van der Waals surface area (Å²) in [6.07, 6.45) is 2.08. The maximum absolute atomic E-state index is 11.9. The van der Waals surface area contributed by atoms with Crippen LogP contribution in [-0.2, 0) is 20.7 Å². The molecule has 0 spiro atoms. The Morgan fingerprint density at radius 2 is 1.95 bits per heavy atom. The van der Waals surface area contributed by atoms with Crippen LogP contribution >= 0.6 is 0 Å². The van der Waals surface area contributed by atoms with E-state index in [4.69, 9.17) is 4.74 Å². The second kappa shape index (κ2) is 8.19. The highest BCUT2D eigenvalue weighted by molar-refractivity contribution is 5.83. The molecule has 110 valence electrons. The Morgan fingerprint density at radius 1 is 1.30 bits per heavy atom. The van der Waals surface area contributed by atoms with E-state index in [1.807, 2.05) is 6.92 Å². The Bertz CT molecular complexity index is 442. The molecule has 2 N–H and O–H groups in total. The number of nitrogens with one attached hydrogen (secondary N) is 1. The van der Waals surface area contributed by atoms with E-state index < -0.39 is 12.0 Å². The minimum Gasteiger partial charge on any atom is -0.508 e. The summed E-state index contributed by atoms with van der Waals surface area (Å²) in [6.45, 7) is 3.74. The molecule has 0 fully saturated rings. The summed E-state index contributed by atoms with van der Waals surface area (Å²) in [5.41, 5.74) is 0.842. The van der Waals surface area contributed by atoms with Gasteiger partial charge in [0.1, 0.15) is 11.8 Å². The van der Waals surface area contributed by atoms with E-state index in [9.17, 15) is 14.7 Å². The van der Waals surface area contributed by atoms with Crippen molar-refractivity contribution >= 4 is 11.9 Å². The first kappa shape index (κ1) is 16.0. The normalized spacial score (nSPS) is 11.7. The number of carbonyl (C=O) groups excluding carboxylic acids is 2. The third kappa shape index (κ3) is 5.73. The third-order valence-electron chi connectivity index (χ3n) is 2.78. The first-order chi connectivity index (χ1) is 9.52. The first-order valence-electron chi connectivity index (χ1n) is 6.74. The van der Waals surface area contributed by atoms with Crippen molar-refractivity contribution in [2.24, 2.45) is 0 Å². The van der Waals surface area contributed by atoms with Gasteiger partial charge in [-0.05, 0) is 24.1 Å². The van der Waals surface area contributed by atoms with Crippen LogP contribution in [0.1, 0.15) is 32.3 Å². The van der Waals surface area contributed by atoms with E-state index >= 15 is 0 Å². The van der Waals surface area contributed by atoms with E-state index in [2.05, 4.69) is 5.32 Å². The zero-order chi connectivity index (χ0) is 15.0. The fourth-order valence-electron chi connectivity index (χ4n) is 1.72. The molecule has 1 atom stereocenters. The number of benzene rings is 1. The lowest BCUT2D eigenvalue weighted by Crippen LogP contribution is -2.42. The Labute approximate surface area is 118 Å². The van der Waals surface area contributed by atoms with Crippen molar-refractivity contribution in [3.8, 4) is 5.75 Å². The number of ether oxygens (including phenoxy) is 1. The maximum Gasteiger partial charge on any atom is 0.328 e. The quantitative estimate of drug-likeness (QED) is 0.589. The van der Waals surface area contributed by atoms with Crippen LogP contribution in [0.15, 0.2) is 24.3 Å². The van der Waals surface area contributed by atoms with Gasteiger partial charge in [-0.25, -0.2) is 4.79 Å². The molecule has 0 radical (unpaired) electrons. The van der Waals surface area contributed by atoms with Crippen LogP contribution in [0.3, 0.4) is 0 Å². The summed E-state index contributed by atoms with van der Waals surface area (Å²) in [5.74, 6) is -0.543. The number of amides is 1. The standard InChI is InChI=1S/C15H21NO4/c1-3-4-9-20-15(19)14(16-11(2)17)10-12-5-7-13(18)8-6-12/h5-8,14,18H,3-4,9-10H2,1-2H3,(H,16,17)/t14-/m0/s1. The predicted molar refractivity (Wildman–Crippen MR) is 75.3 cm³/mol. The SMILES string of the molecule is CCCCOC(=O)[C@H](Cc1ccc(O)cc1)NC(C)=O. The van der Waals surface area contributed by atoms with Gasteiger partial charge in [-0.15, -0.1) is 0 Å². The molecule has 1 aromatic carbocycles. The molecule has 0 aromatic heterocycles. The number of hydrogen-bond donors (Lipinski definition) is 2. The molecule has 0 saturated heterocycles. The van der Waals surface area contributed by atoms with Crippen LogP contribution in [0.5, 0.6) is 5.75 Å². The van der Waals surface area contributed by atoms with E-state index in [-0.39, 0.29) is 11.7 Å². The van der Waals surface area contributed by atoms with Gasteiger partial charge in [-0.1, -0.05) is 25.5 Å². The Hall–Kier alpha value is -2.04. The second-order valence-electron chi connectivity index (χ2n) is 4.64. The van der Waals surface area contributed by atoms with Crippen LogP contribution in [0.4, 0.5) is 0 Å². The molecule has 20 heavy (non-hydrogen) atoms. The van der Waals surface area contributed by atoms with Gasteiger partial charge in [-0.3, -0.25) is 4.79 Å². The minimum atomic E-state index is -0.700. The molecule has 0 bridgehead atoms. The van der Waals surface area contributed by atoms with Gasteiger partial charge in [0.2, 0.25) is 5.91 Å². The predicted octanol–water partition coefficient (Wildman–Crippen LogP) is 1.78. The summed E-state index contributed by atoms with van der Waals surface area (Å²) >= 11 is 0. The molecular weight excluding hydrogens is 258 g/mol. The van der Waals surface area contributed by atoms with Crippen molar-refractivity contribution in [1.82, 2.24) is 5.32 Å². The van der Waals surface area contributed by atoms with Crippen LogP contribution in [0.25, 0.3) is 0 Å². The summed E-state index contributed by atoms with van der Waals surface area (Å²) in [5, 5.41) is 11.8. The fraction of sp³-hybridized carbons (Fsp3) is 0.467. The lowest BCUT2D eigenvalue weighted by Gasteiger charge is -2.17. The monoisotopic (exact) mass is 279 g/mol. The van der Waals surface area contributed by atoms with Gasteiger partial charge < -0.3 is 15.2 Å². The third-order valence-corrected chi connectivity index (χ3v) is 2.78. The molecule has 5 nitrogen and oxygen atoms in total. The van der Waals surface area contributed by atoms with Crippen molar-refractivity contribution in [2.75, 3.05) is 6.61 Å². The molecule has 0 aliphatic carbocycles. The molecule has 0 unspecified atom stereocenters. The van der Waals surface area contributed by atoms with Crippen LogP contribution in [0.2, 0.25) is 0 Å². The molecule has 1 amide bonds. The van der Waals surface area contributed by atoms with E-state index in [1.165, 1.54) is 6.92 Å². The molecule has 1 rings (SSSR count). The number of carbonyl (C=O) groups is 2. The molecule has 0 heterocycles. The molecule has 0 aliphatic heterocycles. The minimum absolute atomic E-state index is 0.162. The van der Waals surface area contributed by atoms with Crippen LogP contribution < -0.4 is 5.32 Å². The Balaban J connectivity index is 2.65. The van der Waals surface area contributed by atoms with Gasteiger partial charge in [0.05, 0.1) is 6.61 Å². The zero-order valence-electron chi connectivity index (χ0n) is 11.9. The summed E-state index contributed by atoms with van der Waals surface area (Å²) < 4.78 is 5.14.